The summed E-state index contributed by atoms with van der Waals surface area (Å²) in [5.41, 5.74) is 2.48. The predicted molar refractivity (Wildman–Crippen MR) is 132 cm³/mol. The quantitative estimate of drug-likeness (QED) is 0.382. The van der Waals surface area contributed by atoms with E-state index >= 15 is 0 Å². The summed E-state index contributed by atoms with van der Waals surface area (Å²) in [7, 11) is 1.52. The Morgan fingerprint density at radius 1 is 1.18 bits per heavy atom. The van der Waals surface area contributed by atoms with Gasteiger partial charge in [-0.2, -0.15) is 0 Å². The summed E-state index contributed by atoms with van der Waals surface area (Å²) in [5, 5.41) is 7.56. The number of pyridine rings is 1. The first-order chi connectivity index (χ1) is 16.5. The third-order valence-corrected chi connectivity index (χ3v) is 5.26. The zero-order valence-electron chi connectivity index (χ0n) is 18.7. The van der Waals surface area contributed by atoms with Crippen molar-refractivity contribution in [1.29, 1.82) is 0 Å². The molecule has 0 spiro atoms. The van der Waals surface area contributed by atoms with Crippen molar-refractivity contribution >= 4 is 34.9 Å². The van der Waals surface area contributed by atoms with E-state index < -0.39 is 0 Å². The molecular weight excluding hydrogens is 456 g/mol. The van der Waals surface area contributed by atoms with Crippen LogP contribution in [-0.4, -0.2) is 33.8 Å². The number of ether oxygens (including phenoxy) is 2. The molecule has 0 radical (unpaired) electrons. The number of methoxy groups -OCH3 is 1. The molecule has 34 heavy (non-hydrogen) atoms. The normalized spacial score (nSPS) is 11.1. The molecule has 0 atom stereocenters. The highest BCUT2D eigenvalue weighted by atomic mass is 35.5. The molecule has 8 nitrogen and oxygen atoms in total. The maximum absolute atomic E-state index is 12.5. The summed E-state index contributed by atoms with van der Waals surface area (Å²) in [6.45, 7) is 2.60. The van der Waals surface area contributed by atoms with Crippen LogP contribution in [0.1, 0.15) is 18.1 Å². The van der Waals surface area contributed by atoms with Crippen molar-refractivity contribution in [3.8, 4) is 11.5 Å². The molecule has 1 N–H and O–H groups in total. The van der Waals surface area contributed by atoms with Crippen LogP contribution in [-0.2, 0) is 11.3 Å². The van der Waals surface area contributed by atoms with E-state index in [1.54, 1.807) is 48.7 Å². The van der Waals surface area contributed by atoms with Crippen molar-refractivity contribution in [2.24, 2.45) is 0 Å². The summed E-state index contributed by atoms with van der Waals surface area (Å²) in [4.78, 5) is 25.0. The monoisotopic (exact) mass is 478 g/mol. The van der Waals surface area contributed by atoms with Crippen LogP contribution in [0, 0.1) is 0 Å². The second-order valence-electron chi connectivity index (χ2n) is 7.36. The zero-order valence-corrected chi connectivity index (χ0v) is 19.5. The van der Waals surface area contributed by atoms with Crippen molar-refractivity contribution in [3.05, 3.63) is 93.5 Å². The Kier molecular flexibility index (Phi) is 6.98. The largest absolute Gasteiger partial charge is 0.491 e. The second-order valence-corrected chi connectivity index (χ2v) is 7.77. The van der Waals surface area contributed by atoms with E-state index in [1.807, 2.05) is 25.1 Å². The highest BCUT2D eigenvalue weighted by Gasteiger charge is 2.11. The maximum atomic E-state index is 12.5. The maximum Gasteiger partial charge on any atom is 0.350 e. The molecule has 0 saturated carbocycles. The fourth-order valence-corrected chi connectivity index (χ4v) is 3.79. The van der Waals surface area contributed by atoms with Crippen molar-refractivity contribution in [1.82, 2.24) is 14.2 Å². The minimum Gasteiger partial charge on any atom is -0.491 e. The van der Waals surface area contributed by atoms with Crippen molar-refractivity contribution in [2.75, 3.05) is 19.0 Å². The molecule has 0 saturated heterocycles. The third-order valence-electron chi connectivity index (χ3n) is 4.98. The lowest BCUT2D eigenvalue weighted by molar-refractivity contribution is -0.111. The average molecular weight is 479 g/mol. The molecule has 0 bridgehead atoms. The van der Waals surface area contributed by atoms with E-state index in [-0.39, 0.29) is 18.1 Å². The number of amides is 1. The number of hydrogen-bond donors (Lipinski definition) is 1. The molecule has 174 valence electrons. The number of rotatable bonds is 8. The molecule has 4 aromatic rings. The molecule has 0 unspecified atom stereocenters. The van der Waals surface area contributed by atoms with Gasteiger partial charge in [-0.15, -0.1) is 5.10 Å². The minimum absolute atomic E-state index is 0.224. The fraction of sp³-hybridized carbons (Fsp3) is 0.160. The molecule has 2 aromatic heterocycles. The number of halogens is 1. The lowest BCUT2D eigenvalue weighted by Gasteiger charge is -2.11. The number of nitrogens with one attached hydrogen (secondary N) is 1. The number of nitrogens with zero attached hydrogens (tertiary/aromatic N) is 3. The SMILES string of the molecule is CCOc1cc(/C=C/C(=O)Nc2cccc(Cn3nc4ccccn4c3=O)c2)cc(Cl)c1OC. The Bertz CT molecular complexity index is 1420. The first-order valence-corrected chi connectivity index (χ1v) is 11.0. The van der Waals surface area contributed by atoms with E-state index in [0.717, 1.165) is 5.56 Å². The molecule has 0 fully saturated rings. The molecule has 0 aliphatic carbocycles. The van der Waals surface area contributed by atoms with Gasteiger partial charge in [-0.05, 0) is 60.5 Å². The summed E-state index contributed by atoms with van der Waals surface area (Å²) in [6, 6.07) is 16.1. The number of fused-ring (bicyclic) bond motifs is 1. The first-order valence-electron chi connectivity index (χ1n) is 10.6. The van der Waals surface area contributed by atoms with Gasteiger partial charge >= 0.3 is 5.69 Å². The molecular formula is C25H23ClN4O4. The molecule has 0 aliphatic rings. The van der Waals surface area contributed by atoms with Gasteiger partial charge in [0.05, 0.1) is 25.3 Å². The highest BCUT2D eigenvalue weighted by molar-refractivity contribution is 6.32. The zero-order chi connectivity index (χ0) is 24.1. The van der Waals surface area contributed by atoms with Gasteiger partial charge in [0.1, 0.15) is 0 Å². The lowest BCUT2D eigenvalue weighted by Crippen LogP contribution is -2.21. The van der Waals surface area contributed by atoms with Gasteiger partial charge in [-0.1, -0.05) is 29.8 Å². The third kappa shape index (κ3) is 5.13. The summed E-state index contributed by atoms with van der Waals surface area (Å²) in [6.07, 6.45) is 4.73. The van der Waals surface area contributed by atoms with Crippen LogP contribution in [0.2, 0.25) is 5.02 Å². The molecule has 0 aliphatic heterocycles. The van der Waals surface area contributed by atoms with Crippen molar-refractivity contribution in [3.63, 3.8) is 0 Å². The van der Waals surface area contributed by atoms with Crippen molar-refractivity contribution in [2.45, 2.75) is 13.5 Å². The van der Waals surface area contributed by atoms with Crippen LogP contribution in [0.15, 0.2) is 71.7 Å². The number of carbonyl (C=O) groups excluding carboxylic acids is 1. The Morgan fingerprint density at radius 2 is 2.03 bits per heavy atom. The van der Waals surface area contributed by atoms with E-state index in [0.29, 0.717) is 40.0 Å². The first kappa shape index (κ1) is 23.1. The van der Waals surface area contributed by atoms with Crippen LogP contribution in [0.5, 0.6) is 11.5 Å². The molecule has 4 rings (SSSR count). The predicted octanol–water partition coefficient (Wildman–Crippen LogP) is 4.26. The van der Waals surface area contributed by atoms with Gasteiger partial charge in [-0.25, -0.2) is 9.48 Å². The molecule has 2 heterocycles. The number of anilines is 1. The van der Waals surface area contributed by atoms with Gasteiger partial charge in [0.2, 0.25) is 5.91 Å². The number of aromatic nitrogens is 3. The van der Waals surface area contributed by atoms with Gasteiger partial charge in [0.25, 0.3) is 0 Å². The van der Waals surface area contributed by atoms with E-state index in [4.69, 9.17) is 21.1 Å². The molecule has 1 amide bonds. The lowest BCUT2D eigenvalue weighted by atomic mass is 10.1. The summed E-state index contributed by atoms with van der Waals surface area (Å²) in [5.74, 6) is 0.644. The van der Waals surface area contributed by atoms with Gasteiger partial charge in [-0.3, -0.25) is 9.20 Å². The second kappa shape index (κ2) is 10.3. The van der Waals surface area contributed by atoms with E-state index in [2.05, 4.69) is 10.4 Å². The van der Waals surface area contributed by atoms with Gasteiger partial charge in [0, 0.05) is 18.0 Å². The highest BCUT2D eigenvalue weighted by Crippen LogP contribution is 2.36. The molecule has 9 heteroatoms. The summed E-state index contributed by atoms with van der Waals surface area (Å²) >= 11 is 6.27. The van der Waals surface area contributed by atoms with Crippen LogP contribution >= 0.6 is 11.6 Å². The van der Waals surface area contributed by atoms with Gasteiger partial charge < -0.3 is 14.8 Å². The fourth-order valence-electron chi connectivity index (χ4n) is 3.49. The van der Waals surface area contributed by atoms with E-state index in [9.17, 15) is 9.59 Å². The smallest absolute Gasteiger partial charge is 0.350 e. The van der Waals surface area contributed by atoms with Crippen molar-refractivity contribution < 1.29 is 14.3 Å². The Labute approximate surface area is 201 Å². The number of hydrogen-bond acceptors (Lipinski definition) is 5. The Morgan fingerprint density at radius 3 is 2.79 bits per heavy atom. The average Bonchev–Trinajstić information content (AvgIpc) is 3.13. The Balaban J connectivity index is 1.47. The minimum atomic E-state index is -0.313. The van der Waals surface area contributed by atoms with Crippen LogP contribution in [0.3, 0.4) is 0 Å². The summed E-state index contributed by atoms with van der Waals surface area (Å²) < 4.78 is 13.7. The topological polar surface area (TPSA) is 86.9 Å². The van der Waals surface area contributed by atoms with Gasteiger partial charge in [0.15, 0.2) is 17.1 Å². The number of benzene rings is 2. The standard InChI is InChI=1S/C25H23ClN4O4/c1-3-34-21-15-17(14-20(26)24(21)33-2)10-11-23(31)27-19-8-6-7-18(13-19)16-30-25(32)29-12-5-4-9-22(29)28-30/h4-15H,3,16H2,1-2H3,(H,27,31)/b11-10+. The molecule has 2 aromatic carbocycles. The van der Waals surface area contributed by atoms with Crippen LogP contribution in [0.4, 0.5) is 5.69 Å². The van der Waals surface area contributed by atoms with Crippen LogP contribution in [0.25, 0.3) is 11.7 Å². The number of carbonyl (C=O) groups is 1. The Hall–Kier alpha value is -4.04. The van der Waals surface area contributed by atoms with E-state index in [1.165, 1.54) is 22.3 Å². The van der Waals surface area contributed by atoms with Crippen LogP contribution < -0.4 is 20.5 Å².